The van der Waals surface area contributed by atoms with Gasteiger partial charge in [0.15, 0.2) is 0 Å². The number of hydrogen-bond acceptors (Lipinski definition) is 5. The molecule has 0 radical (unpaired) electrons. The first-order chi connectivity index (χ1) is 17.3. The molecule has 2 unspecified atom stereocenters. The lowest BCUT2D eigenvalue weighted by Crippen LogP contribution is -2.52. The summed E-state index contributed by atoms with van der Waals surface area (Å²) in [6.45, 7) is 7.30. The van der Waals surface area contributed by atoms with Gasteiger partial charge in [0.05, 0.1) is 12.6 Å². The van der Waals surface area contributed by atoms with Gasteiger partial charge in [0.1, 0.15) is 11.8 Å². The van der Waals surface area contributed by atoms with Gasteiger partial charge in [0.2, 0.25) is 17.7 Å². The highest BCUT2D eigenvalue weighted by Crippen LogP contribution is 2.20. The van der Waals surface area contributed by atoms with Crippen LogP contribution < -0.4 is 21.1 Å². The average molecular weight is 495 g/mol. The number of nitrogens with zero attached hydrogens (tertiary/aromatic N) is 1. The molecule has 0 aliphatic carbocycles. The molecular weight excluding hydrogens is 456 g/mol. The maximum Gasteiger partial charge on any atom is 0.247 e. The molecule has 4 N–H and O–H groups in total. The number of carbonyl (C=O) groups is 3. The van der Waals surface area contributed by atoms with Crippen molar-refractivity contribution in [2.24, 2.45) is 17.6 Å². The number of piperidine rings is 1. The normalized spacial score (nSPS) is 15.8. The molecule has 8 heteroatoms. The van der Waals surface area contributed by atoms with Crippen molar-refractivity contribution in [1.82, 2.24) is 10.2 Å². The number of benzene rings is 2. The van der Waals surface area contributed by atoms with E-state index < -0.39 is 12.1 Å². The zero-order valence-corrected chi connectivity index (χ0v) is 21.4. The monoisotopic (exact) mass is 494 g/mol. The largest absolute Gasteiger partial charge is 0.494 e. The summed E-state index contributed by atoms with van der Waals surface area (Å²) < 4.78 is 5.46. The van der Waals surface area contributed by atoms with Crippen molar-refractivity contribution < 1.29 is 19.1 Å². The summed E-state index contributed by atoms with van der Waals surface area (Å²) >= 11 is 0. The molecule has 0 bridgehead atoms. The first-order valence-corrected chi connectivity index (χ1v) is 12.7. The molecule has 1 aliphatic rings. The zero-order chi connectivity index (χ0) is 26.1. The third-order valence-electron chi connectivity index (χ3n) is 6.53. The Morgan fingerprint density at radius 2 is 1.67 bits per heavy atom. The third-order valence-corrected chi connectivity index (χ3v) is 6.53. The number of hydrogen-bond donors (Lipinski definition) is 3. The predicted molar refractivity (Wildman–Crippen MR) is 140 cm³/mol. The fourth-order valence-corrected chi connectivity index (χ4v) is 4.24. The van der Waals surface area contributed by atoms with Crippen LogP contribution in [-0.2, 0) is 20.8 Å². The van der Waals surface area contributed by atoms with Crippen LogP contribution in [0.4, 0.5) is 5.69 Å². The minimum absolute atomic E-state index is 0.0613. The van der Waals surface area contributed by atoms with Crippen molar-refractivity contribution in [1.29, 1.82) is 0 Å². The van der Waals surface area contributed by atoms with E-state index in [2.05, 4.69) is 10.6 Å². The van der Waals surface area contributed by atoms with E-state index in [0.29, 0.717) is 44.6 Å². The Kier molecular flexibility index (Phi) is 9.87. The Balaban J connectivity index is 1.63. The molecule has 0 saturated carbocycles. The second-order valence-corrected chi connectivity index (χ2v) is 9.57. The van der Waals surface area contributed by atoms with E-state index in [1.807, 2.05) is 51.1 Å². The van der Waals surface area contributed by atoms with E-state index in [0.717, 1.165) is 11.3 Å². The van der Waals surface area contributed by atoms with E-state index in [-0.39, 0.29) is 29.6 Å². The molecule has 2 aromatic carbocycles. The smallest absolute Gasteiger partial charge is 0.247 e. The minimum atomic E-state index is -0.736. The highest BCUT2D eigenvalue weighted by molar-refractivity contribution is 5.97. The molecule has 3 amide bonds. The average Bonchev–Trinajstić information content (AvgIpc) is 2.89. The molecule has 1 aliphatic heterocycles. The summed E-state index contributed by atoms with van der Waals surface area (Å²) in [5, 5.41) is 5.88. The van der Waals surface area contributed by atoms with Crippen molar-refractivity contribution in [3.63, 3.8) is 0 Å². The second-order valence-electron chi connectivity index (χ2n) is 9.57. The molecule has 3 rings (SSSR count). The quantitative estimate of drug-likeness (QED) is 0.470. The predicted octanol–water partition coefficient (Wildman–Crippen LogP) is 2.97. The Bertz CT molecular complexity index is 1000. The lowest BCUT2D eigenvalue weighted by Gasteiger charge is -2.34. The lowest BCUT2D eigenvalue weighted by molar-refractivity contribution is -0.137. The fourth-order valence-electron chi connectivity index (χ4n) is 4.24. The van der Waals surface area contributed by atoms with Gasteiger partial charge < -0.3 is 26.0 Å². The van der Waals surface area contributed by atoms with Gasteiger partial charge in [-0.25, -0.2) is 0 Å². The maximum absolute atomic E-state index is 13.2. The number of ether oxygens (including phenoxy) is 1. The Hall–Kier alpha value is -3.39. The van der Waals surface area contributed by atoms with Crippen LogP contribution in [0.3, 0.4) is 0 Å². The summed E-state index contributed by atoms with van der Waals surface area (Å²) in [4.78, 5) is 40.7. The van der Waals surface area contributed by atoms with E-state index >= 15 is 0 Å². The van der Waals surface area contributed by atoms with Crippen LogP contribution in [-0.4, -0.2) is 54.4 Å². The molecule has 194 valence electrons. The van der Waals surface area contributed by atoms with Crippen LogP contribution in [0.2, 0.25) is 0 Å². The molecule has 0 spiro atoms. The summed E-state index contributed by atoms with van der Waals surface area (Å²) in [5.41, 5.74) is 7.60. The molecule has 2 aromatic rings. The Labute approximate surface area is 213 Å². The van der Waals surface area contributed by atoms with Crippen LogP contribution in [0.1, 0.15) is 39.2 Å². The van der Waals surface area contributed by atoms with E-state index in [1.165, 1.54) is 0 Å². The van der Waals surface area contributed by atoms with Gasteiger partial charge in [-0.3, -0.25) is 14.4 Å². The number of likely N-dealkylation sites (tertiary alicyclic amines) is 1. The van der Waals surface area contributed by atoms with Crippen molar-refractivity contribution in [2.75, 3.05) is 25.0 Å². The van der Waals surface area contributed by atoms with E-state index in [4.69, 9.17) is 10.5 Å². The molecule has 36 heavy (non-hydrogen) atoms. The van der Waals surface area contributed by atoms with Crippen molar-refractivity contribution >= 4 is 23.4 Å². The molecule has 0 aromatic heterocycles. The summed E-state index contributed by atoms with van der Waals surface area (Å²) in [6, 6.07) is 15.5. The van der Waals surface area contributed by atoms with Crippen molar-refractivity contribution in [3.05, 3.63) is 60.2 Å². The number of amides is 3. The van der Waals surface area contributed by atoms with Gasteiger partial charge >= 0.3 is 0 Å². The van der Waals surface area contributed by atoms with Gasteiger partial charge in [-0.1, -0.05) is 44.2 Å². The van der Waals surface area contributed by atoms with Crippen LogP contribution in [0, 0.1) is 11.8 Å². The summed E-state index contributed by atoms with van der Waals surface area (Å²) in [6.07, 6.45) is 1.46. The van der Waals surface area contributed by atoms with E-state index in [1.54, 1.807) is 29.2 Å². The van der Waals surface area contributed by atoms with Crippen molar-refractivity contribution in [2.45, 2.75) is 52.1 Å². The number of rotatable bonds is 10. The topological polar surface area (TPSA) is 114 Å². The van der Waals surface area contributed by atoms with Crippen LogP contribution in [0.15, 0.2) is 54.6 Å². The highest BCUT2D eigenvalue weighted by Gasteiger charge is 2.32. The minimum Gasteiger partial charge on any atom is -0.494 e. The number of anilines is 1. The zero-order valence-electron chi connectivity index (χ0n) is 21.4. The third kappa shape index (κ3) is 7.55. The van der Waals surface area contributed by atoms with Gasteiger partial charge in [-0.15, -0.1) is 0 Å². The molecular formula is C28H38N4O4. The Morgan fingerprint density at radius 1 is 1.03 bits per heavy atom. The number of nitrogens with two attached hydrogens (primary N) is 1. The first kappa shape index (κ1) is 27.2. The van der Waals surface area contributed by atoms with Gasteiger partial charge in [0, 0.05) is 31.1 Å². The second kappa shape index (κ2) is 13.1. The molecule has 1 heterocycles. The van der Waals surface area contributed by atoms with E-state index in [9.17, 15) is 14.4 Å². The standard InChI is InChI=1S/C28H38N4O4/c1-4-36-23-12-10-22(11-13-23)30-27(34)24(18-20-8-6-5-7-9-20)31-26(33)21-14-16-32(17-15-21)28(35)25(29)19(2)3/h5-13,19,21,24-25H,4,14-18,29H2,1-3H3,(H,30,34)(H,31,33). The molecule has 1 fully saturated rings. The molecule has 8 nitrogen and oxygen atoms in total. The summed E-state index contributed by atoms with van der Waals surface area (Å²) in [5.74, 6) is 0.00120. The fraction of sp³-hybridized carbons (Fsp3) is 0.464. The van der Waals surface area contributed by atoms with Crippen molar-refractivity contribution in [3.8, 4) is 5.75 Å². The highest BCUT2D eigenvalue weighted by atomic mass is 16.5. The van der Waals surface area contributed by atoms with Crippen LogP contribution >= 0.6 is 0 Å². The van der Waals surface area contributed by atoms with Gasteiger partial charge in [-0.05, 0) is 55.5 Å². The van der Waals surface area contributed by atoms with Crippen LogP contribution in [0.25, 0.3) is 0 Å². The van der Waals surface area contributed by atoms with Gasteiger partial charge in [0.25, 0.3) is 0 Å². The van der Waals surface area contributed by atoms with Crippen LogP contribution in [0.5, 0.6) is 5.75 Å². The molecule has 2 atom stereocenters. The lowest BCUT2D eigenvalue weighted by atomic mass is 9.93. The summed E-state index contributed by atoms with van der Waals surface area (Å²) in [7, 11) is 0. The number of carbonyl (C=O) groups excluding carboxylic acids is 3. The molecule has 1 saturated heterocycles. The SMILES string of the molecule is CCOc1ccc(NC(=O)C(Cc2ccccc2)NC(=O)C2CCN(C(=O)C(N)C(C)C)CC2)cc1. The maximum atomic E-state index is 13.2. The number of nitrogens with one attached hydrogen (secondary N) is 2. The Morgan fingerprint density at radius 3 is 2.25 bits per heavy atom. The van der Waals surface area contributed by atoms with Gasteiger partial charge in [-0.2, -0.15) is 0 Å². The first-order valence-electron chi connectivity index (χ1n) is 12.7.